The molecule has 0 unspecified atom stereocenters. The maximum atomic E-state index is 13.6. The number of carbonyl (C=O) groups excluding carboxylic acids is 3. The Kier molecular flexibility index (Phi) is 14.1. The van der Waals surface area contributed by atoms with Crippen molar-refractivity contribution in [1.29, 1.82) is 0 Å². The maximum Gasteiger partial charge on any atom is 0.509 e. The summed E-state index contributed by atoms with van der Waals surface area (Å²) < 4.78 is 45.7. The third-order valence-electron chi connectivity index (χ3n) is 7.72. The molecule has 0 aliphatic carbocycles. The minimum Gasteiger partial charge on any atom is -0.461 e. The molecule has 17 heteroatoms. The molecular formula is C36H43N5O12. The number of nitrogens with zero attached hydrogens (tertiary/aromatic N) is 3. The highest BCUT2D eigenvalue weighted by Crippen LogP contribution is 2.36. The second-order valence-corrected chi connectivity index (χ2v) is 12.2. The molecule has 1 aliphatic heterocycles. The van der Waals surface area contributed by atoms with E-state index < -0.39 is 48.4 Å². The van der Waals surface area contributed by atoms with Gasteiger partial charge in [-0.25, -0.2) is 19.4 Å². The molecule has 284 valence electrons. The van der Waals surface area contributed by atoms with Crippen LogP contribution in [0.15, 0.2) is 71.8 Å². The summed E-state index contributed by atoms with van der Waals surface area (Å²) in [7, 11) is 0. The number of aromatic nitrogens is 4. The second kappa shape index (κ2) is 19.4. The number of hydrogen-bond acceptors (Lipinski definition) is 15. The van der Waals surface area contributed by atoms with Gasteiger partial charge in [-0.1, -0.05) is 74.5 Å². The lowest BCUT2D eigenvalue weighted by Crippen LogP contribution is -2.43. The number of rotatable bonds is 18. The normalized spacial score (nSPS) is 18.1. The number of hydrogen-bond donors (Lipinski definition) is 2. The van der Waals surface area contributed by atoms with Crippen LogP contribution in [-0.2, 0) is 55.9 Å². The van der Waals surface area contributed by atoms with E-state index in [1.165, 1.54) is 10.9 Å². The van der Waals surface area contributed by atoms with Crippen LogP contribution in [0.5, 0.6) is 0 Å². The van der Waals surface area contributed by atoms with Gasteiger partial charge in [0, 0.05) is 13.2 Å². The van der Waals surface area contributed by atoms with Crippen molar-refractivity contribution in [2.75, 3.05) is 44.9 Å². The van der Waals surface area contributed by atoms with Gasteiger partial charge in [0.2, 0.25) is 5.95 Å². The molecule has 0 saturated carbocycles. The fourth-order valence-corrected chi connectivity index (χ4v) is 5.17. The number of fused-ring (bicyclic) bond motifs is 1. The van der Waals surface area contributed by atoms with Gasteiger partial charge in [0.1, 0.15) is 19.8 Å². The molecule has 2 aromatic heterocycles. The number of H-pyrrole nitrogens is 1. The van der Waals surface area contributed by atoms with E-state index in [-0.39, 0.29) is 56.1 Å². The van der Waals surface area contributed by atoms with Gasteiger partial charge in [-0.2, -0.15) is 4.98 Å². The summed E-state index contributed by atoms with van der Waals surface area (Å²) in [6.45, 7) is 7.05. The Balaban J connectivity index is 1.44. The first-order valence-electron chi connectivity index (χ1n) is 17.2. The first-order chi connectivity index (χ1) is 25.7. The molecule has 3 heterocycles. The van der Waals surface area contributed by atoms with Gasteiger partial charge in [0.25, 0.3) is 5.56 Å². The van der Waals surface area contributed by atoms with Crippen molar-refractivity contribution in [1.82, 2.24) is 19.5 Å². The van der Waals surface area contributed by atoms with Gasteiger partial charge < -0.3 is 43.2 Å². The molecule has 1 aliphatic rings. The average Bonchev–Trinajstić information content (AvgIpc) is 3.74. The van der Waals surface area contributed by atoms with E-state index in [4.69, 9.17) is 37.9 Å². The van der Waals surface area contributed by atoms with Gasteiger partial charge in [-0.3, -0.25) is 14.3 Å². The lowest BCUT2D eigenvalue weighted by Gasteiger charge is -2.24. The van der Waals surface area contributed by atoms with Crippen molar-refractivity contribution >= 4 is 35.4 Å². The molecule has 53 heavy (non-hydrogen) atoms. The molecule has 4 aromatic rings. The quantitative estimate of drug-likeness (QED) is 0.0838. The molecule has 0 radical (unpaired) electrons. The van der Waals surface area contributed by atoms with Crippen LogP contribution in [0, 0.1) is 5.92 Å². The Labute approximate surface area is 304 Å². The lowest BCUT2D eigenvalue weighted by atomic mass is 10.1. The zero-order valence-electron chi connectivity index (χ0n) is 29.6. The number of imidazole rings is 1. The van der Waals surface area contributed by atoms with Crippen molar-refractivity contribution in [3.05, 3.63) is 88.5 Å². The van der Waals surface area contributed by atoms with E-state index in [1.807, 2.05) is 32.9 Å². The van der Waals surface area contributed by atoms with Crippen LogP contribution in [0.25, 0.3) is 11.2 Å². The maximum absolute atomic E-state index is 13.6. The molecule has 1 saturated heterocycles. The number of nitrogens with one attached hydrogen (secondary N) is 2. The van der Waals surface area contributed by atoms with Gasteiger partial charge in [0.15, 0.2) is 35.7 Å². The summed E-state index contributed by atoms with van der Waals surface area (Å²) in [5.41, 5.74) is 0.750. The van der Waals surface area contributed by atoms with Crippen LogP contribution >= 0.6 is 0 Å². The van der Waals surface area contributed by atoms with Crippen molar-refractivity contribution in [2.24, 2.45) is 5.92 Å². The minimum absolute atomic E-state index is 0.0263. The Morgan fingerprint density at radius 1 is 0.849 bits per heavy atom. The van der Waals surface area contributed by atoms with Crippen LogP contribution in [0.3, 0.4) is 0 Å². The standard InChI is InChI=1S/C36H43N5O12/c1-4-46-15-16-47-17-18-48-33(43)29-27(52-35(44)49-20-24-11-7-5-8-12-24)28(53-36(45)50-21-25-13-9-6-10-14-25)32(51-29)41-22-38-26-30(41)39-34(40-31(26)42)37-19-23(2)3/h5-14,22-23,27-29,32H,4,15-21H2,1-3H3,(H2,37,39,40,42)/t27-,28+,29-,32+/m0/s1. The van der Waals surface area contributed by atoms with Crippen molar-refractivity contribution in [2.45, 2.75) is 58.5 Å². The fourth-order valence-electron chi connectivity index (χ4n) is 5.17. The molecule has 2 aromatic carbocycles. The van der Waals surface area contributed by atoms with E-state index in [9.17, 15) is 19.2 Å². The lowest BCUT2D eigenvalue weighted by molar-refractivity contribution is -0.164. The number of ether oxygens (including phenoxy) is 8. The van der Waals surface area contributed by atoms with Crippen LogP contribution in [-0.4, -0.2) is 95.7 Å². The summed E-state index contributed by atoms with van der Waals surface area (Å²) >= 11 is 0. The second-order valence-electron chi connectivity index (χ2n) is 12.2. The number of esters is 1. The summed E-state index contributed by atoms with van der Waals surface area (Å²) in [4.78, 5) is 64.3. The summed E-state index contributed by atoms with van der Waals surface area (Å²) in [6.07, 6.45) is -7.38. The third kappa shape index (κ3) is 11.0. The molecule has 2 N–H and O–H groups in total. The summed E-state index contributed by atoms with van der Waals surface area (Å²) in [6, 6.07) is 17.7. The fraction of sp³-hybridized carbons (Fsp3) is 0.444. The molecule has 17 nitrogen and oxygen atoms in total. The number of aromatic amines is 1. The molecule has 0 spiro atoms. The third-order valence-corrected chi connectivity index (χ3v) is 7.72. The van der Waals surface area contributed by atoms with E-state index in [0.29, 0.717) is 30.9 Å². The van der Waals surface area contributed by atoms with E-state index >= 15 is 0 Å². The van der Waals surface area contributed by atoms with Crippen molar-refractivity contribution in [3.8, 4) is 0 Å². The molecule has 1 fully saturated rings. The first kappa shape index (κ1) is 38.7. The van der Waals surface area contributed by atoms with Crippen LogP contribution in [0.2, 0.25) is 0 Å². The van der Waals surface area contributed by atoms with Gasteiger partial charge in [-0.05, 0) is 24.0 Å². The Hall–Kier alpha value is -5.52. The van der Waals surface area contributed by atoms with Crippen molar-refractivity contribution < 1.29 is 52.3 Å². The van der Waals surface area contributed by atoms with Crippen LogP contribution in [0.1, 0.15) is 38.1 Å². The van der Waals surface area contributed by atoms with Crippen molar-refractivity contribution in [3.63, 3.8) is 0 Å². The SMILES string of the molecule is CCOCCOCCOC(=O)[C@H]1O[C@@H](n2cnc3c(=O)[nH]c(NCC(C)C)nc32)[C@H](OC(=O)OCc2ccccc2)[C@@H]1OC(=O)OCc1ccccc1. The van der Waals surface area contributed by atoms with Gasteiger partial charge in [-0.15, -0.1) is 0 Å². The van der Waals surface area contributed by atoms with Gasteiger partial charge >= 0.3 is 18.3 Å². The Bertz CT molecular complexity index is 1830. The Morgan fingerprint density at radius 2 is 1.45 bits per heavy atom. The largest absolute Gasteiger partial charge is 0.509 e. The topological polar surface area (TPSA) is 201 Å². The Morgan fingerprint density at radius 3 is 2.08 bits per heavy atom. The smallest absolute Gasteiger partial charge is 0.461 e. The highest BCUT2D eigenvalue weighted by atomic mass is 16.8. The zero-order valence-corrected chi connectivity index (χ0v) is 29.6. The highest BCUT2D eigenvalue weighted by molar-refractivity contribution is 5.77. The van der Waals surface area contributed by atoms with Crippen LogP contribution < -0.4 is 10.9 Å². The summed E-state index contributed by atoms with van der Waals surface area (Å²) in [5.74, 6) is -0.587. The van der Waals surface area contributed by atoms with E-state index in [1.54, 1.807) is 48.5 Å². The molecule has 4 atom stereocenters. The minimum atomic E-state index is -1.65. The molecule has 0 bridgehead atoms. The van der Waals surface area contributed by atoms with E-state index in [2.05, 4.69) is 20.3 Å². The predicted octanol–water partition coefficient (Wildman–Crippen LogP) is 4.13. The average molecular weight is 738 g/mol. The van der Waals surface area contributed by atoms with Gasteiger partial charge in [0.05, 0.1) is 26.1 Å². The van der Waals surface area contributed by atoms with Crippen LogP contribution in [0.4, 0.5) is 15.5 Å². The first-order valence-corrected chi connectivity index (χ1v) is 17.2. The number of benzene rings is 2. The number of anilines is 1. The van der Waals surface area contributed by atoms with E-state index in [0.717, 1.165) is 0 Å². The number of carbonyl (C=O) groups is 3. The molecular weight excluding hydrogens is 694 g/mol. The summed E-state index contributed by atoms with van der Waals surface area (Å²) in [5, 5.41) is 3.06. The predicted molar refractivity (Wildman–Crippen MR) is 187 cm³/mol. The monoisotopic (exact) mass is 737 g/mol. The highest BCUT2D eigenvalue weighted by Gasteiger charge is 2.55. The molecule has 5 rings (SSSR count). The molecule has 0 amide bonds. The zero-order chi connectivity index (χ0) is 37.6.